The molecule has 0 atom stereocenters. The average molecular weight is 326 g/mol. The summed E-state index contributed by atoms with van der Waals surface area (Å²) in [6.07, 6.45) is 0. The molecule has 0 aliphatic carbocycles. The Kier molecular flexibility index (Phi) is 4.87. The molecule has 1 aromatic rings. The molecule has 0 N–H and O–H groups in total. The normalized spacial score (nSPS) is 12.3. The fourth-order valence-electron chi connectivity index (χ4n) is 1.54. The minimum atomic E-state index is -5.75. The van der Waals surface area contributed by atoms with Crippen molar-refractivity contribution in [3.63, 3.8) is 0 Å². The van der Waals surface area contributed by atoms with E-state index in [2.05, 4.69) is 8.92 Å². The molecule has 0 heterocycles. The lowest BCUT2D eigenvalue weighted by molar-refractivity contribution is -0.0500. The van der Waals surface area contributed by atoms with Gasteiger partial charge in [0.05, 0.1) is 12.7 Å². The Hall–Kier alpha value is -1.77. The predicted molar refractivity (Wildman–Crippen MR) is 67.5 cm³/mol. The SMILES string of the molecule is COC(=O)c1ccc(OS(=O)(=O)C(F)(F)F)cc1C(C)C. The Morgan fingerprint density at radius 3 is 2.24 bits per heavy atom. The molecule has 0 aliphatic rings. The largest absolute Gasteiger partial charge is 0.534 e. The first kappa shape index (κ1) is 17.3. The Morgan fingerprint density at radius 2 is 1.81 bits per heavy atom. The lowest BCUT2D eigenvalue weighted by Gasteiger charge is -2.14. The summed E-state index contributed by atoms with van der Waals surface area (Å²) in [5.74, 6) is -1.45. The van der Waals surface area contributed by atoms with Gasteiger partial charge in [-0.3, -0.25) is 0 Å². The van der Waals surface area contributed by atoms with Gasteiger partial charge in [-0.1, -0.05) is 13.8 Å². The van der Waals surface area contributed by atoms with E-state index in [1.165, 1.54) is 0 Å². The van der Waals surface area contributed by atoms with Crippen molar-refractivity contribution in [2.24, 2.45) is 0 Å². The minimum absolute atomic E-state index is 0.129. The van der Waals surface area contributed by atoms with Gasteiger partial charge in [-0.15, -0.1) is 0 Å². The third-order valence-electron chi connectivity index (χ3n) is 2.54. The van der Waals surface area contributed by atoms with Crippen LogP contribution in [-0.4, -0.2) is 27.0 Å². The molecular weight excluding hydrogens is 313 g/mol. The van der Waals surface area contributed by atoms with Crippen LogP contribution in [0.25, 0.3) is 0 Å². The van der Waals surface area contributed by atoms with Gasteiger partial charge in [-0.05, 0) is 29.7 Å². The van der Waals surface area contributed by atoms with Crippen molar-refractivity contribution in [3.8, 4) is 5.75 Å². The van der Waals surface area contributed by atoms with E-state index in [4.69, 9.17) is 0 Å². The van der Waals surface area contributed by atoms with Crippen LogP contribution in [0.5, 0.6) is 5.75 Å². The van der Waals surface area contributed by atoms with Crippen LogP contribution in [0.4, 0.5) is 13.2 Å². The molecule has 118 valence electrons. The highest BCUT2D eigenvalue weighted by Crippen LogP contribution is 2.30. The average Bonchev–Trinajstić information content (AvgIpc) is 2.35. The number of carbonyl (C=O) groups excluding carboxylic acids is 1. The van der Waals surface area contributed by atoms with Crippen molar-refractivity contribution in [1.82, 2.24) is 0 Å². The van der Waals surface area contributed by atoms with Crippen molar-refractivity contribution in [1.29, 1.82) is 0 Å². The molecule has 0 fully saturated rings. The maximum absolute atomic E-state index is 12.3. The lowest BCUT2D eigenvalue weighted by atomic mass is 9.97. The minimum Gasteiger partial charge on any atom is -0.465 e. The van der Waals surface area contributed by atoms with Crippen LogP contribution in [0.1, 0.15) is 35.7 Å². The van der Waals surface area contributed by atoms with Crippen LogP contribution in [0.2, 0.25) is 0 Å². The van der Waals surface area contributed by atoms with Gasteiger partial charge in [-0.2, -0.15) is 21.6 Å². The Balaban J connectivity index is 3.25. The van der Waals surface area contributed by atoms with Gasteiger partial charge in [0, 0.05) is 0 Å². The number of ether oxygens (including phenoxy) is 1. The van der Waals surface area contributed by atoms with E-state index in [1.54, 1.807) is 13.8 Å². The van der Waals surface area contributed by atoms with E-state index in [1.807, 2.05) is 0 Å². The highest BCUT2D eigenvalue weighted by Gasteiger charge is 2.48. The van der Waals surface area contributed by atoms with Crippen LogP contribution in [0.3, 0.4) is 0 Å². The highest BCUT2D eigenvalue weighted by molar-refractivity contribution is 7.88. The number of hydrogen-bond donors (Lipinski definition) is 0. The molecule has 0 amide bonds. The van der Waals surface area contributed by atoms with Gasteiger partial charge in [0.25, 0.3) is 0 Å². The Morgan fingerprint density at radius 1 is 1.24 bits per heavy atom. The third kappa shape index (κ3) is 3.87. The molecular formula is C12H13F3O5S. The molecule has 1 rings (SSSR count). The molecule has 0 saturated carbocycles. The first-order valence-electron chi connectivity index (χ1n) is 5.72. The van der Waals surface area contributed by atoms with Crippen molar-refractivity contribution in [2.75, 3.05) is 7.11 Å². The van der Waals surface area contributed by atoms with Crippen LogP contribution in [0.15, 0.2) is 18.2 Å². The molecule has 9 heteroatoms. The summed E-state index contributed by atoms with van der Waals surface area (Å²) in [5.41, 5.74) is -5.08. The Labute approximate surface area is 119 Å². The van der Waals surface area contributed by atoms with E-state index in [0.29, 0.717) is 5.56 Å². The van der Waals surface area contributed by atoms with Crippen molar-refractivity contribution in [2.45, 2.75) is 25.3 Å². The zero-order valence-corrected chi connectivity index (χ0v) is 12.2. The summed E-state index contributed by atoms with van der Waals surface area (Å²) in [6.45, 7) is 3.37. The summed E-state index contributed by atoms with van der Waals surface area (Å²) in [4.78, 5) is 11.5. The second-order valence-corrected chi connectivity index (χ2v) is 5.92. The highest BCUT2D eigenvalue weighted by atomic mass is 32.2. The summed E-state index contributed by atoms with van der Waals surface area (Å²) >= 11 is 0. The van der Waals surface area contributed by atoms with Crippen LogP contribution >= 0.6 is 0 Å². The first-order valence-corrected chi connectivity index (χ1v) is 7.13. The van der Waals surface area contributed by atoms with E-state index in [-0.39, 0.29) is 11.5 Å². The molecule has 1 aromatic carbocycles. The second kappa shape index (κ2) is 5.92. The quantitative estimate of drug-likeness (QED) is 0.483. The van der Waals surface area contributed by atoms with Gasteiger partial charge in [-0.25, -0.2) is 4.79 Å². The van der Waals surface area contributed by atoms with Crippen LogP contribution in [0, 0.1) is 0 Å². The molecule has 21 heavy (non-hydrogen) atoms. The monoisotopic (exact) mass is 326 g/mol. The van der Waals surface area contributed by atoms with Gasteiger partial charge in [0.2, 0.25) is 0 Å². The summed E-state index contributed by atoms with van der Waals surface area (Å²) in [5, 5.41) is 0. The molecule has 0 aromatic heterocycles. The van der Waals surface area contributed by atoms with E-state index in [9.17, 15) is 26.4 Å². The number of alkyl halides is 3. The fourth-order valence-corrected chi connectivity index (χ4v) is 1.99. The molecule has 0 spiro atoms. The van der Waals surface area contributed by atoms with Crippen LogP contribution in [-0.2, 0) is 14.9 Å². The van der Waals surface area contributed by atoms with Gasteiger partial charge >= 0.3 is 21.6 Å². The number of esters is 1. The van der Waals surface area contributed by atoms with Gasteiger partial charge in [0.1, 0.15) is 5.75 Å². The van der Waals surface area contributed by atoms with Crippen LogP contribution < -0.4 is 4.18 Å². The number of rotatable bonds is 4. The summed E-state index contributed by atoms with van der Waals surface area (Å²) in [6, 6.07) is 3.18. The fraction of sp³-hybridized carbons (Fsp3) is 0.417. The van der Waals surface area contributed by atoms with E-state index in [0.717, 1.165) is 25.3 Å². The zero-order valence-electron chi connectivity index (χ0n) is 11.4. The molecule has 0 radical (unpaired) electrons. The Bertz CT molecular complexity index is 635. The number of halogens is 3. The molecule has 5 nitrogen and oxygen atoms in total. The molecule has 0 bridgehead atoms. The lowest BCUT2D eigenvalue weighted by Crippen LogP contribution is -2.28. The smallest absolute Gasteiger partial charge is 0.465 e. The number of hydrogen-bond acceptors (Lipinski definition) is 5. The number of methoxy groups -OCH3 is 1. The van der Waals surface area contributed by atoms with Gasteiger partial charge in [0.15, 0.2) is 0 Å². The first-order chi connectivity index (χ1) is 9.49. The topological polar surface area (TPSA) is 69.7 Å². The second-order valence-electron chi connectivity index (χ2n) is 4.38. The summed E-state index contributed by atoms with van der Waals surface area (Å²) in [7, 11) is -4.59. The predicted octanol–water partition coefficient (Wildman–Crippen LogP) is 2.83. The third-order valence-corrected chi connectivity index (χ3v) is 3.52. The molecule has 0 saturated heterocycles. The molecule has 0 unspecified atom stereocenters. The standard InChI is InChI=1S/C12H13F3O5S/c1-7(2)10-6-8(4-5-9(10)11(16)19-3)20-21(17,18)12(13,14)15/h4-7H,1-3H3. The van der Waals surface area contributed by atoms with Crippen molar-refractivity contribution < 1.29 is 35.3 Å². The number of carbonyl (C=O) groups is 1. The molecule has 0 aliphatic heterocycles. The van der Waals surface area contributed by atoms with Crippen molar-refractivity contribution >= 4 is 16.1 Å². The zero-order chi connectivity index (χ0) is 16.4. The summed E-state index contributed by atoms with van der Waals surface area (Å²) < 4.78 is 67.2. The van der Waals surface area contributed by atoms with Crippen molar-refractivity contribution in [3.05, 3.63) is 29.3 Å². The number of benzene rings is 1. The van der Waals surface area contributed by atoms with Gasteiger partial charge < -0.3 is 8.92 Å². The maximum Gasteiger partial charge on any atom is 0.534 e. The van der Waals surface area contributed by atoms with E-state index >= 15 is 0 Å². The maximum atomic E-state index is 12.3. The van der Waals surface area contributed by atoms with E-state index < -0.39 is 27.3 Å².